The summed E-state index contributed by atoms with van der Waals surface area (Å²) in [6.45, 7) is 1.35. The van der Waals surface area contributed by atoms with Crippen LogP contribution in [0.2, 0.25) is 0 Å². The Morgan fingerprint density at radius 1 is 1.00 bits per heavy atom. The third-order valence-electron chi connectivity index (χ3n) is 5.10. The number of alkyl halides is 3. The molecule has 0 bridgehead atoms. The number of alkyl carbamates (subject to hydrolysis) is 1. The monoisotopic (exact) mass is 577 g/mol. The van der Waals surface area contributed by atoms with Crippen molar-refractivity contribution in [3.05, 3.63) is 0 Å². The molecule has 2 heterocycles. The number of ether oxygens (including phenoxy) is 4. The van der Waals surface area contributed by atoms with E-state index < -0.39 is 94.7 Å². The topological polar surface area (TPSA) is 211 Å². The molecule has 34 heavy (non-hydrogen) atoms. The molecule has 0 aliphatic carbocycles. The summed E-state index contributed by atoms with van der Waals surface area (Å²) in [6, 6.07) is -1.21. The van der Waals surface area contributed by atoms with Gasteiger partial charge in [-0.3, -0.25) is 4.55 Å². The van der Waals surface area contributed by atoms with E-state index >= 15 is 0 Å². The van der Waals surface area contributed by atoms with E-state index in [0.717, 1.165) is 0 Å². The lowest BCUT2D eigenvalue weighted by atomic mass is 9.93. The van der Waals surface area contributed by atoms with Crippen LogP contribution < -0.4 is 5.32 Å². The fourth-order valence-corrected chi connectivity index (χ4v) is 3.86. The number of carbonyl (C=O) groups excluding carboxylic acids is 1. The molecule has 6 N–H and O–H groups in total. The summed E-state index contributed by atoms with van der Waals surface area (Å²) in [7, 11) is -4.88. The Kier molecular flexibility index (Phi) is 10.4. The molecule has 0 aromatic rings. The van der Waals surface area contributed by atoms with Gasteiger partial charge in [0.05, 0.1) is 24.9 Å². The summed E-state index contributed by atoms with van der Waals surface area (Å²) in [5, 5.41) is 43.3. The van der Waals surface area contributed by atoms with Gasteiger partial charge in [0.1, 0.15) is 43.2 Å². The maximum atomic E-state index is 12.2. The number of rotatable bonds is 7. The average molecular weight is 579 g/mol. The minimum atomic E-state index is -4.88. The van der Waals surface area contributed by atoms with Gasteiger partial charge in [-0.25, -0.2) is 8.98 Å². The summed E-state index contributed by atoms with van der Waals surface area (Å²) in [6.07, 6.45) is -14.2. The summed E-state index contributed by atoms with van der Waals surface area (Å²) < 4.78 is 54.3. The number of amides is 1. The van der Waals surface area contributed by atoms with Crippen LogP contribution in [0.3, 0.4) is 0 Å². The smallest absolute Gasteiger partial charge is 0.407 e. The summed E-state index contributed by atoms with van der Waals surface area (Å²) in [4.78, 5) is 12.2. The van der Waals surface area contributed by atoms with E-state index in [4.69, 9.17) is 58.3 Å². The molecule has 2 saturated heterocycles. The van der Waals surface area contributed by atoms with Crippen LogP contribution in [0.4, 0.5) is 4.79 Å². The molecule has 0 aromatic heterocycles. The number of nitrogens with one attached hydrogen (secondary N) is 1. The second kappa shape index (κ2) is 11.9. The van der Waals surface area contributed by atoms with E-state index in [0.29, 0.717) is 0 Å². The van der Waals surface area contributed by atoms with E-state index in [2.05, 4.69) is 9.50 Å². The van der Waals surface area contributed by atoms with Crippen molar-refractivity contribution < 1.29 is 61.3 Å². The van der Waals surface area contributed by atoms with Gasteiger partial charge in [-0.1, -0.05) is 34.8 Å². The molecular weight excluding hydrogens is 553 g/mol. The van der Waals surface area contributed by atoms with Crippen LogP contribution in [0.1, 0.15) is 13.8 Å². The Bertz CT molecular complexity index is 800. The highest BCUT2D eigenvalue weighted by Gasteiger charge is 2.50. The predicted molar refractivity (Wildman–Crippen MR) is 114 cm³/mol. The van der Waals surface area contributed by atoms with Gasteiger partial charge in [-0.15, -0.1) is 0 Å². The van der Waals surface area contributed by atoms with Gasteiger partial charge in [-0.2, -0.15) is 8.42 Å². The highest BCUT2D eigenvalue weighted by molar-refractivity contribution is 7.80. The summed E-state index contributed by atoms with van der Waals surface area (Å²) >= 11 is 16.6. The number of carbonyl (C=O) groups is 1. The third kappa shape index (κ3) is 8.40. The molecule has 200 valence electrons. The van der Waals surface area contributed by atoms with E-state index in [-0.39, 0.29) is 0 Å². The third-order valence-corrected chi connectivity index (χ3v) is 5.86. The van der Waals surface area contributed by atoms with Crippen molar-refractivity contribution in [1.82, 2.24) is 5.32 Å². The number of aliphatic hydroxyl groups is 4. The Labute approximate surface area is 209 Å². The van der Waals surface area contributed by atoms with Crippen LogP contribution in [0.25, 0.3) is 0 Å². The molecule has 2 aliphatic rings. The lowest BCUT2D eigenvalue weighted by Crippen LogP contribution is -2.67. The van der Waals surface area contributed by atoms with Crippen molar-refractivity contribution in [2.24, 2.45) is 0 Å². The van der Waals surface area contributed by atoms with E-state index in [9.17, 15) is 33.6 Å². The maximum absolute atomic E-state index is 12.2. The molecule has 0 aromatic carbocycles. The fourth-order valence-electron chi connectivity index (χ4n) is 3.39. The first-order valence-electron chi connectivity index (χ1n) is 9.80. The van der Waals surface area contributed by atoms with Crippen LogP contribution in [0, 0.1) is 0 Å². The van der Waals surface area contributed by atoms with Crippen molar-refractivity contribution in [3.8, 4) is 0 Å². The van der Waals surface area contributed by atoms with E-state index in [1.165, 1.54) is 13.8 Å². The normalized spacial score (nSPS) is 39.5. The Hall–Kier alpha value is -0.270. The Morgan fingerprint density at radius 2 is 1.62 bits per heavy atom. The van der Waals surface area contributed by atoms with Crippen molar-refractivity contribution in [2.45, 2.75) is 78.8 Å². The second-order valence-electron chi connectivity index (χ2n) is 7.73. The average Bonchev–Trinajstić information content (AvgIpc) is 2.71. The number of hydrogen-bond donors (Lipinski definition) is 6. The maximum Gasteiger partial charge on any atom is 0.407 e. The van der Waals surface area contributed by atoms with Gasteiger partial charge in [0.2, 0.25) is 3.79 Å². The first-order valence-corrected chi connectivity index (χ1v) is 12.3. The first kappa shape index (κ1) is 30.0. The van der Waals surface area contributed by atoms with Gasteiger partial charge >= 0.3 is 16.5 Å². The van der Waals surface area contributed by atoms with Crippen LogP contribution in [0.5, 0.6) is 0 Å². The van der Waals surface area contributed by atoms with Crippen LogP contribution >= 0.6 is 34.8 Å². The molecule has 2 fully saturated rings. The largest absolute Gasteiger partial charge is 0.445 e. The minimum Gasteiger partial charge on any atom is -0.445 e. The number of aliphatic hydroxyl groups excluding tert-OH is 4. The van der Waals surface area contributed by atoms with Gasteiger partial charge in [0.25, 0.3) is 0 Å². The van der Waals surface area contributed by atoms with Crippen molar-refractivity contribution in [3.63, 3.8) is 0 Å². The Morgan fingerprint density at radius 3 is 2.18 bits per heavy atom. The molecule has 2 rings (SSSR count). The molecule has 18 heteroatoms. The molecule has 0 spiro atoms. The molecular formula is C16H26Cl3NO13S. The summed E-state index contributed by atoms with van der Waals surface area (Å²) in [5.41, 5.74) is 0. The SMILES string of the molecule is CC1O[C@@H](O[C@@H]2C(NC(=O)OCC(Cl)(Cl)Cl)[C@H](C)OC(COS(=O)(=O)O)[C@@H]2O)C(O)[C@@H](O)[C@@H]1O. The number of hydrogen-bond acceptors (Lipinski definition) is 12. The van der Waals surface area contributed by atoms with Crippen molar-refractivity contribution in [2.75, 3.05) is 13.2 Å². The first-order chi connectivity index (χ1) is 15.5. The highest BCUT2D eigenvalue weighted by atomic mass is 35.6. The van der Waals surface area contributed by atoms with Crippen LogP contribution in [-0.4, -0.2) is 118 Å². The zero-order valence-corrected chi connectivity index (χ0v) is 20.8. The molecule has 0 radical (unpaired) electrons. The predicted octanol–water partition coefficient (Wildman–Crippen LogP) is -1.37. The van der Waals surface area contributed by atoms with Gasteiger partial charge in [0, 0.05) is 0 Å². The zero-order valence-electron chi connectivity index (χ0n) is 17.7. The molecule has 14 nitrogen and oxygen atoms in total. The molecule has 10 atom stereocenters. The lowest BCUT2D eigenvalue weighted by molar-refractivity contribution is -0.325. The fraction of sp³-hybridized carbons (Fsp3) is 0.938. The standard InChI is InChI=1S/C16H26Cl3NO13S/c1-5-8(20-15(25)29-4-16(17,18)19)13(10(22)7(31-5)3-30-34(26,27)28)33-14-12(24)11(23)9(21)6(2)32-14/h5-14,21-24H,3-4H2,1-2H3,(H,20,25)(H,26,27,28)/t5-,6?,7?,8?,9+,10-,11-,12?,13+,14-/m0/s1. The molecule has 4 unspecified atom stereocenters. The minimum absolute atomic E-state index is 0.629. The van der Waals surface area contributed by atoms with Crippen molar-refractivity contribution >= 4 is 51.3 Å². The summed E-state index contributed by atoms with van der Waals surface area (Å²) in [5.74, 6) is 0. The van der Waals surface area contributed by atoms with Crippen LogP contribution in [-0.2, 0) is 33.5 Å². The van der Waals surface area contributed by atoms with Crippen molar-refractivity contribution in [1.29, 1.82) is 0 Å². The van der Waals surface area contributed by atoms with Gasteiger partial charge < -0.3 is 44.7 Å². The van der Waals surface area contributed by atoms with E-state index in [1.807, 2.05) is 0 Å². The van der Waals surface area contributed by atoms with Gasteiger partial charge in [-0.05, 0) is 13.8 Å². The number of halogens is 3. The zero-order chi connectivity index (χ0) is 26.0. The second-order valence-corrected chi connectivity index (χ2v) is 11.3. The highest BCUT2D eigenvalue weighted by Crippen LogP contribution is 2.30. The Balaban J connectivity index is 2.23. The van der Waals surface area contributed by atoms with Crippen LogP contribution in [0.15, 0.2) is 0 Å². The lowest BCUT2D eigenvalue weighted by Gasteiger charge is -2.47. The van der Waals surface area contributed by atoms with E-state index in [1.54, 1.807) is 0 Å². The van der Waals surface area contributed by atoms with Gasteiger partial charge in [0.15, 0.2) is 6.29 Å². The quantitative estimate of drug-likeness (QED) is 0.152. The molecule has 1 amide bonds. The molecule has 2 aliphatic heterocycles. The molecule has 0 saturated carbocycles.